The fourth-order valence-corrected chi connectivity index (χ4v) is 2.26. The average Bonchev–Trinajstić information content (AvgIpc) is 2.54. The smallest absolute Gasteiger partial charge is 0.362 e. The van der Waals surface area contributed by atoms with Crippen LogP contribution in [0.1, 0.15) is 33.5 Å². The topological polar surface area (TPSA) is 98.5 Å². The summed E-state index contributed by atoms with van der Waals surface area (Å²) in [5.74, 6) is -2.43. The van der Waals surface area contributed by atoms with E-state index in [0.29, 0.717) is 10.7 Å². The zero-order chi connectivity index (χ0) is 17.1. The second kappa shape index (κ2) is 6.62. The van der Waals surface area contributed by atoms with Gasteiger partial charge in [-0.25, -0.2) is 14.3 Å². The van der Waals surface area contributed by atoms with Gasteiger partial charge in [0.2, 0.25) is 11.1 Å². The molecule has 120 valence electrons. The molecule has 0 atom stereocenters. The van der Waals surface area contributed by atoms with Gasteiger partial charge in [-0.1, -0.05) is 18.5 Å². The van der Waals surface area contributed by atoms with Crippen molar-refractivity contribution in [1.29, 1.82) is 0 Å². The van der Waals surface area contributed by atoms with E-state index in [1.807, 2.05) is 0 Å². The van der Waals surface area contributed by atoms with Gasteiger partial charge in [0.15, 0.2) is 0 Å². The number of esters is 1. The lowest BCUT2D eigenvalue weighted by atomic mass is 10.1. The SMILES string of the molecule is CCc1c(C(=O)O)c(=O)c(C(=O)OC)nn1-c1ccc(Cl)cc1. The van der Waals surface area contributed by atoms with Crippen molar-refractivity contribution in [3.8, 4) is 5.69 Å². The molecule has 2 rings (SSSR count). The van der Waals surface area contributed by atoms with E-state index in [1.54, 1.807) is 31.2 Å². The Balaban J connectivity index is 2.86. The lowest BCUT2D eigenvalue weighted by molar-refractivity contribution is 0.0590. The normalized spacial score (nSPS) is 10.4. The molecule has 0 fully saturated rings. The molecule has 0 aliphatic rings. The first-order valence-electron chi connectivity index (χ1n) is 6.64. The molecule has 0 aliphatic carbocycles. The highest BCUT2D eigenvalue weighted by Crippen LogP contribution is 2.17. The summed E-state index contributed by atoms with van der Waals surface area (Å²) < 4.78 is 5.75. The summed E-state index contributed by atoms with van der Waals surface area (Å²) in [6.45, 7) is 1.69. The van der Waals surface area contributed by atoms with Crippen LogP contribution in [0.3, 0.4) is 0 Å². The van der Waals surface area contributed by atoms with Gasteiger partial charge in [-0.2, -0.15) is 5.10 Å². The highest BCUT2D eigenvalue weighted by atomic mass is 35.5. The van der Waals surface area contributed by atoms with Gasteiger partial charge in [0.05, 0.1) is 18.5 Å². The molecular formula is C15H13ClN2O5. The quantitative estimate of drug-likeness (QED) is 0.857. The second-order valence-electron chi connectivity index (χ2n) is 4.54. The molecule has 0 spiro atoms. The summed E-state index contributed by atoms with van der Waals surface area (Å²) in [7, 11) is 1.09. The Bertz CT molecular complexity index is 827. The number of hydrogen-bond donors (Lipinski definition) is 1. The number of hydrogen-bond acceptors (Lipinski definition) is 5. The van der Waals surface area contributed by atoms with Crippen LogP contribution in [0.4, 0.5) is 0 Å². The van der Waals surface area contributed by atoms with Crippen LogP contribution in [0.15, 0.2) is 29.1 Å². The largest absolute Gasteiger partial charge is 0.477 e. The van der Waals surface area contributed by atoms with Crippen LogP contribution in [0.25, 0.3) is 5.69 Å². The zero-order valence-corrected chi connectivity index (χ0v) is 13.1. The van der Waals surface area contributed by atoms with Gasteiger partial charge in [-0.3, -0.25) is 4.79 Å². The van der Waals surface area contributed by atoms with Crippen molar-refractivity contribution < 1.29 is 19.4 Å². The summed E-state index contributed by atoms with van der Waals surface area (Å²) in [5, 5.41) is 13.8. The Morgan fingerprint density at radius 1 is 1.30 bits per heavy atom. The van der Waals surface area contributed by atoms with Crippen LogP contribution < -0.4 is 5.43 Å². The molecule has 1 heterocycles. The van der Waals surface area contributed by atoms with E-state index < -0.39 is 28.6 Å². The third-order valence-corrected chi connectivity index (χ3v) is 3.44. The maximum absolute atomic E-state index is 12.2. The number of carbonyl (C=O) groups excluding carboxylic acids is 1. The molecule has 1 aromatic heterocycles. The minimum Gasteiger partial charge on any atom is -0.477 e. The highest BCUT2D eigenvalue weighted by Gasteiger charge is 2.26. The van der Waals surface area contributed by atoms with Gasteiger partial charge in [0.25, 0.3) is 0 Å². The number of methoxy groups -OCH3 is 1. The van der Waals surface area contributed by atoms with Gasteiger partial charge in [-0.15, -0.1) is 0 Å². The molecule has 0 bridgehead atoms. The van der Waals surface area contributed by atoms with Crippen LogP contribution >= 0.6 is 11.6 Å². The fraction of sp³-hybridized carbons (Fsp3) is 0.200. The average molecular weight is 337 g/mol. The summed E-state index contributed by atoms with van der Waals surface area (Å²) >= 11 is 5.84. The molecule has 0 radical (unpaired) electrons. The van der Waals surface area contributed by atoms with E-state index in [9.17, 15) is 19.5 Å². The molecular weight excluding hydrogens is 324 g/mol. The maximum Gasteiger partial charge on any atom is 0.362 e. The maximum atomic E-state index is 12.2. The predicted octanol–water partition coefficient (Wildman–Crippen LogP) is 1.93. The first-order valence-corrected chi connectivity index (χ1v) is 7.02. The molecule has 8 heteroatoms. The Morgan fingerprint density at radius 2 is 1.91 bits per heavy atom. The molecule has 1 aromatic carbocycles. The lowest BCUT2D eigenvalue weighted by Crippen LogP contribution is -2.31. The van der Waals surface area contributed by atoms with Gasteiger partial charge in [0, 0.05) is 5.02 Å². The molecule has 7 nitrogen and oxygen atoms in total. The fourth-order valence-electron chi connectivity index (χ4n) is 2.13. The van der Waals surface area contributed by atoms with Crippen molar-refractivity contribution in [1.82, 2.24) is 9.78 Å². The van der Waals surface area contributed by atoms with Gasteiger partial charge in [-0.05, 0) is 30.7 Å². The molecule has 1 N–H and O–H groups in total. The molecule has 23 heavy (non-hydrogen) atoms. The third-order valence-electron chi connectivity index (χ3n) is 3.19. The van der Waals surface area contributed by atoms with Crippen molar-refractivity contribution >= 4 is 23.5 Å². The monoisotopic (exact) mass is 336 g/mol. The standard InChI is InChI=1S/C15H13ClN2O5/c1-3-10-11(14(20)21)13(19)12(15(22)23-2)17-18(10)9-6-4-8(16)5-7-9/h4-7H,3H2,1-2H3,(H,20,21). The van der Waals surface area contributed by atoms with Gasteiger partial charge < -0.3 is 9.84 Å². The molecule has 0 saturated heterocycles. The zero-order valence-electron chi connectivity index (χ0n) is 12.4. The molecule has 0 unspecified atom stereocenters. The van der Waals surface area contributed by atoms with Crippen LogP contribution in [0.2, 0.25) is 5.02 Å². The first-order chi connectivity index (χ1) is 10.9. The van der Waals surface area contributed by atoms with Crippen molar-refractivity contribution in [2.24, 2.45) is 0 Å². The van der Waals surface area contributed by atoms with Crippen LogP contribution in [-0.2, 0) is 11.2 Å². The minimum absolute atomic E-state index is 0.178. The van der Waals surface area contributed by atoms with Crippen molar-refractivity contribution in [3.05, 3.63) is 56.5 Å². The van der Waals surface area contributed by atoms with E-state index in [-0.39, 0.29) is 12.1 Å². The number of carboxylic acids is 1. The number of benzene rings is 1. The number of halogens is 1. The minimum atomic E-state index is -1.43. The van der Waals surface area contributed by atoms with E-state index in [0.717, 1.165) is 7.11 Å². The van der Waals surface area contributed by atoms with Crippen molar-refractivity contribution in [2.45, 2.75) is 13.3 Å². The number of nitrogens with zero attached hydrogens (tertiary/aromatic N) is 2. The van der Waals surface area contributed by atoms with Crippen molar-refractivity contribution in [2.75, 3.05) is 7.11 Å². The molecule has 2 aromatic rings. The van der Waals surface area contributed by atoms with Gasteiger partial charge >= 0.3 is 11.9 Å². The van der Waals surface area contributed by atoms with E-state index in [2.05, 4.69) is 9.84 Å². The second-order valence-corrected chi connectivity index (χ2v) is 4.97. The van der Waals surface area contributed by atoms with E-state index >= 15 is 0 Å². The summed E-state index contributed by atoms with van der Waals surface area (Å²) in [6.07, 6.45) is 0.230. The van der Waals surface area contributed by atoms with E-state index in [4.69, 9.17) is 11.6 Å². The number of aromatic nitrogens is 2. The first kappa shape index (κ1) is 16.7. The molecule has 0 aliphatic heterocycles. The highest BCUT2D eigenvalue weighted by molar-refractivity contribution is 6.30. The number of carbonyl (C=O) groups is 2. The number of rotatable bonds is 4. The number of carboxylic acid groups (broad SMARTS) is 1. The van der Waals surface area contributed by atoms with E-state index in [1.165, 1.54) is 4.68 Å². The number of aromatic carboxylic acids is 1. The Labute approximate surface area is 136 Å². The van der Waals surface area contributed by atoms with Crippen LogP contribution in [0, 0.1) is 0 Å². The van der Waals surface area contributed by atoms with Crippen LogP contribution in [-0.4, -0.2) is 33.9 Å². The molecule has 0 amide bonds. The Morgan fingerprint density at radius 3 is 2.39 bits per heavy atom. The van der Waals surface area contributed by atoms with Crippen LogP contribution in [0.5, 0.6) is 0 Å². The summed E-state index contributed by atoms with van der Waals surface area (Å²) in [4.78, 5) is 35.5. The Hall–Kier alpha value is -2.67. The Kier molecular flexibility index (Phi) is 4.80. The predicted molar refractivity (Wildman–Crippen MR) is 82.5 cm³/mol. The third kappa shape index (κ3) is 3.09. The van der Waals surface area contributed by atoms with Crippen molar-refractivity contribution in [3.63, 3.8) is 0 Å². The van der Waals surface area contributed by atoms with Gasteiger partial charge in [0.1, 0.15) is 5.56 Å². The number of ether oxygens (including phenoxy) is 1. The lowest BCUT2D eigenvalue weighted by Gasteiger charge is -2.15. The summed E-state index contributed by atoms with van der Waals surface area (Å²) in [5.41, 5.74) is -1.40. The molecule has 0 saturated carbocycles. The summed E-state index contributed by atoms with van der Waals surface area (Å²) in [6, 6.07) is 6.39.